The van der Waals surface area contributed by atoms with E-state index in [-0.39, 0.29) is 41.4 Å². The zero-order chi connectivity index (χ0) is 39.6. The van der Waals surface area contributed by atoms with E-state index in [4.69, 9.17) is 4.74 Å². The molecule has 12 heteroatoms. The van der Waals surface area contributed by atoms with Crippen LogP contribution in [0.2, 0.25) is 0 Å². The highest BCUT2D eigenvalue weighted by Gasteiger charge is 2.45. The minimum Gasteiger partial charge on any atom is -0.508 e. The lowest BCUT2D eigenvalue weighted by Gasteiger charge is -2.27. The molecule has 2 heterocycles. The zero-order valence-electron chi connectivity index (χ0n) is 31.3. The molecule has 56 heavy (non-hydrogen) atoms. The molecule has 290 valence electrons. The predicted molar refractivity (Wildman–Crippen MR) is 212 cm³/mol. The van der Waals surface area contributed by atoms with Crippen LogP contribution in [0.1, 0.15) is 95.7 Å². The van der Waals surface area contributed by atoms with E-state index in [1.54, 1.807) is 42.5 Å². The van der Waals surface area contributed by atoms with E-state index in [0.29, 0.717) is 37.6 Å². The van der Waals surface area contributed by atoms with Gasteiger partial charge in [0, 0.05) is 25.1 Å². The molecule has 4 aromatic rings. The molecule has 0 aromatic heterocycles. The van der Waals surface area contributed by atoms with Crippen molar-refractivity contribution in [2.45, 2.75) is 64.3 Å². The number of hydrogen-bond donors (Lipinski definition) is 5. The molecule has 6 rings (SSSR count). The van der Waals surface area contributed by atoms with Gasteiger partial charge in [-0.25, -0.2) is 0 Å². The Morgan fingerprint density at radius 1 is 0.786 bits per heavy atom. The van der Waals surface area contributed by atoms with Crippen molar-refractivity contribution in [3.63, 3.8) is 0 Å². The van der Waals surface area contributed by atoms with Crippen molar-refractivity contribution < 1.29 is 38.9 Å². The van der Waals surface area contributed by atoms with Gasteiger partial charge >= 0.3 is 0 Å². The van der Waals surface area contributed by atoms with Crippen LogP contribution in [0.5, 0.6) is 17.2 Å². The van der Waals surface area contributed by atoms with E-state index in [2.05, 4.69) is 22.9 Å². The lowest BCUT2D eigenvalue weighted by Crippen LogP contribution is -2.54. The number of rotatable bonds is 17. The second-order valence-corrected chi connectivity index (χ2v) is 13.8. The Hall–Kier alpha value is -6.43. The number of benzene rings is 4. The lowest BCUT2D eigenvalue weighted by molar-refractivity contribution is -0.136. The summed E-state index contributed by atoms with van der Waals surface area (Å²) in [5.74, 6) is -1.12. The minimum atomic E-state index is -1.01. The number of phenolic OH excluding ortho intramolecular Hbond substituents is 2. The lowest BCUT2D eigenvalue weighted by atomic mass is 9.88. The highest BCUT2D eigenvalue weighted by molar-refractivity contribution is 6.25. The molecule has 0 bridgehead atoms. The van der Waals surface area contributed by atoms with Gasteiger partial charge < -0.3 is 25.6 Å². The minimum absolute atomic E-state index is 0.0457. The second-order valence-electron chi connectivity index (χ2n) is 13.8. The maximum Gasteiger partial charge on any atom is 0.264 e. The van der Waals surface area contributed by atoms with E-state index in [1.165, 1.54) is 0 Å². The summed E-state index contributed by atoms with van der Waals surface area (Å²) >= 11 is 0. The van der Waals surface area contributed by atoms with Gasteiger partial charge in [-0.3, -0.25) is 34.2 Å². The summed E-state index contributed by atoms with van der Waals surface area (Å²) < 4.78 is 5.92. The molecule has 0 aliphatic carbocycles. The first-order chi connectivity index (χ1) is 27.1. The van der Waals surface area contributed by atoms with Crippen molar-refractivity contribution in [2.75, 3.05) is 25.0 Å². The Labute approximate surface area is 325 Å². The SMILES string of the molecule is CCC(=C(c1ccc(O)cc1)c1ccc(OCCNC(=O)CCCCCCNc2cccc3c2C(=O)N(C2CCC(=O)NC2=O)C3=O)cc1)c1ccc(O)cc1. The van der Waals surface area contributed by atoms with Crippen LogP contribution in [0, 0.1) is 0 Å². The highest BCUT2D eigenvalue weighted by Crippen LogP contribution is 2.36. The van der Waals surface area contributed by atoms with Crippen LogP contribution in [0.3, 0.4) is 0 Å². The molecule has 2 aliphatic heterocycles. The first-order valence-corrected chi connectivity index (χ1v) is 19.0. The number of allylic oxidation sites excluding steroid dienone is 1. The number of amides is 5. The van der Waals surface area contributed by atoms with Crippen LogP contribution in [0.25, 0.3) is 11.1 Å². The van der Waals surface area contributed by atoms with Gasteiger partial charge in [0.2, 0.25) is 17.7 Å². The van der Waals surface area contributed by atoms with Crippen molar-refractivity contribution in [3.05, 3.63) is 119 Å². The van der Waals surface area contributed by atoms with E-state index in [0.717, 1.165) is 64.8 Å². The summed E-state index contributed by atoms with van der Waals surface area (Å²) in [6.07, 6.45) is 4.54. The van der Waals surface area contributed by atoms with Crippen LogP contribution in [0.4, 0.5) is 5.69 Å². The molecule has 5 N–H and O–H groups in total. The van der Waals surface area contributed by atoms with Crippen LogP contribution >= 0.6 is 0 Å². The largest absolute Gasteiger partial charge is 0.508 e. The smallest absolute Gasteiger partial charge is 0.264 e. The third kappa shape index (κ3) is 9.26. The summed E-state index contributed by atoms with van der Waals surface area (Å²) in [7, 11) is 0. The van der Waals surface area contributed by atoms with Gasteiger partial charge in [-0.1, -0.05) is 62.2 Å². The fourth-order valence-corrected chi connectivity index (χ4v) is 7.15. The average Bonchev–Trinajstić information content (AvgIpc) is 3.45. The molecule has 1 atom stereocenters. The van der Waals surface area contributed by atoms with Crippen LogP contribution in [-0.4, -0.2) is 70.4 Å². The molecule has 2 aliphatic rings. The van der Waals surface area contributed by atoms with Crippen LogP contribution in [-0.2, 0) is 14.4 Å². The fourth-order valence-electron chi connectivity index (χ4n) is 7.15. The molecule has 1 unspecified atom stereocenters. The van der Waals surface area contributed by atoms with Gasteiger partial charge in [-0.05, 0) is 102 Å². The second kappa shape index (κ2) is 18.3. The number of unbranched alkanes of at least 4 members (excludes halogenated alkanes) is 3. The molecule has 12 nitrogen and oxygen atoms in total. The zero-order valence-corrected chi connectivity index (χ0v) is 31.3. The normalized spacial score (nSPS) is 15.6. The maximum absolute atomic E-state index is 13.3. The number of nitrogens with one attached hydrogen (secondary N) is 3. The van der Waals surface area contributed by atoms with Gasteiger partial charge in [-0.15, -0.1) is 0 Å². The van der Waals surface area contributed by atoms with Gasteiger partial charge in [0.15, 0.2) is 0 Å². The molecule has 1 saturated heterocycles. The topological polar surface area (TPSA) is 174 Å². The summed E-state index contributed by atoms with van der Waals surface area (Å²) in [5, 5.41) is 28.1. The molecular formula is C44H46N4O8. The number of piperidine rings is 1. The standard InChI is InChI=1S/C44H46N4O8/c1-2-34(28-11-17-31(49)18-12-28)40(29-13-19-32(50)20-14-29)30-15-21-33(22-16-30)56-27-26-46-38(51)10-5-3-4-6-25-45-36-9-7-8-35-41(36)44(55)48(43(35)54)37-23-24-39(52)47-42(37)53/h7-9,11-22,37,45,49-50H,2-6,10,23-27H2,1H3,(H,46,51)(H,47,52,53). The number of fused-ring (bicyclic) bond motifs is 1. The maximum atomic E-state index is 13.3. The first kappa shape index (κ1) is 39.3. The number of nitrogens with zero attached hydrogens (tertiary/aromatic N) is 1. The third-order valence-corrected chi connectivity index (χ3v) is 9.98. The molecule has 0 spiro atoms. The number of imide groups is 2. The number of hydrogen-bond acceptors (Lipinski definition) is 9. The van der Waals surface area contributed by atoms with Crippen molar-refractivity contribution in [1.29, 1.82) is 0 Å². The van der Waals surface area contributed by atoms with Crippen LogP contribution in [0.15, 0.2) is 91.0 Å². The van der Waals surface area contributed by atoms with Crippen molar-refractivity contribution >= 4 is 46.4 Å². The summed E-state index contributed by atoms with van der Waals surface area (Å²) in [6.45, 7) is 3.33. The first-order valence-electron chi connectivity index (χ1n) is 19.0. The van der Waals surface area contributed by atoms with E-state index in [1.807, 2.05) is 48.5 Å². The number of aromatic hydroxyl groups is 2. The molecule has 0 radical (unpaired) electrons. The molecule has 5 amide bonds. The molecule has 4 aromatic carbocycles. The quantitative estimate of drug-likeness (QED) is 0.0462. The van der Waals surface area contributed by atoms with E-state index >= 15 is 0 Å². The highest BCUT2D eigenvalue weighted by atomic mass is 16.5. The van der Waals surface area contributed by atoms with Gasteiger partial charge in [0.05, 0.1) is 17.7 Å². The fraction of sp³-hybridized carbons (Fsp3) is 0.295. The number of carbonyl (C=O) groups is 5. The third-order valence-electron chi connectivity index (χ3n) is 9.98. The molecule has 0 saturated carbocycles. The average molecular weight is 759 g/mol. The number of carbonyl (C=O) groups excluding carboxylic acids is 5. The molecular weight excluding hydrogens is 713 g/mol. The number of anilines is 1. The summed E-state index contributed by atoms with van der Waals surface area (Å²) in [5.41, 5.74) is 6.04. The Bertz CT molecular complexity index is 2110. The van der Waals surface area contributed by atoms with Crippen molar-refractivity contribution in [3.8, 4) is 17.2 Å². The Morgan fingerprint density at radius 3 is 2.09 bits per heavy atom. The van der Waals surface area contributed by atoms with Crippen LogP contribution < -0.4 is 20.7 Å². The Balaban J connectivity index is 0.908. The number of ether oxygens (including phenoxy) is 1. The number of phenols is 2. The predicted octanol–water partition coefficient (Wildman–Crippen LogP) is 6.43. The van der Waals surface area contributed by atoms with Gasteiger partial charge in [0.25, 0.3) is 11.8 Å². The summed E-state index contributed by atoms with van der Waals surface area (Å²) in [4.78, 5) is 63.7. The van der Waals surface area contributed by atoms with Gasteiger partial charge in [0.1, 0.15) is 29.9 Å². The monoisotopic (exact) mass is 758 g/mol. The Morgan fingerprint density at radius 2 is 1.43 bits per heavy atom. The molecule has 1 fully saturated rings. The van der Waals surface area contributed by atoms with E-state index in [9.17, 15) is 34.2 Å². The summed E-state index contributed by atoms with van der Waals surface area (Å²) in [6, 6.07) is 26.0. The van der Waals surface area contributed by atoms with Gasteiger partial charge in [-0.2, -0.15) is 0 Å². The van der Waals surface area contributed by atoms with Crippen molar-refractivity contribution in [2.24, 2.45) is 0 Å². The Kier molecular flexibility index (Phi) is 12.8. The van der Waals surface area contributed by atoms with E-state index < -0.39 is 29.7 Å². The van der Waals surface area contributed by atoms with Crippen molar-refractivity contribution in [1.82, 2.24) is 15.5 Å².